The van der Waals surface area contributed by atoms with Gasteiger partial charge in [-0.25, -0.2) is 0 Å². The van der Waals surface area contributed by atoms with Gasteiger partial charge in [-0.05, 0) is 56.5 Å². The molecule has 4 N–H and O–H groups in total. The molecule has 0 heterocycles. The zero-order valence-electron chi connectivity index (χ0n) is 18.3. The number of primary amides is 1. The molecule has 3 aliphatic carbocycles. The summed E-state index contributed by atoms with van der Waals surface area (Å²) in [7, 11) is 3.11. The molecule has 2 fully saturated rings. The monoisotopic (exact) mass is 442 g/mol. The molecule has 170 valence electrons. The highest BCUT2D eigenvalue weighted by Crippen LogP contribution is 2.54. The summed E-state index contributed by atoms with van der Waals surface area (Å²) >= 11 is 0. The number of amides is 1. The van der Waals surface area contributed by atoms with E-state index < -0.39 is 64.4 Å². The molecular formula is C23H26N2O7. The number of rotatable bonds is 2. The average molecular weight is 442 g/mol. The van der Waals surface area contributed by atoms with Crippen LogP contribution in [0.5, 0.6) is 5.75 Å². The summed E-state index contributed by atoms with van der Waals surface area (Å²) < 4.78 is 0. The number of nitrogens with two attached hydrogens (primary N) is 1. The van der Waals surface area contributed by atoms with Crippen molar-refractivity contribution >= 4 is 29.0 Å². The van der Waals surface area contributed by atoms with Crippen LogP contribution in [0.1, 0.15) is 40.7 Å². The molecule has 4 rings (SSSR count). The molecule has 0 aromatic heterocycles. The maximum atomic E-state index is 13.7. The zero-order chi connectivity index (χ0) is 23.9. The summed E-state index contributed by atoms with van der Waals surface area (Å²) in [6.45, 7) is 3.63. The first-order valence-electron chi connectivity index (χ1n) is 10.5. The van der Waals surface area contributed by atoms with E-state index in [0.29, 0.717) is 5.56 Å². The number of likely N-dealkylation sites (N-methyl/N-ethyl adjacent to an activating group) is 1. The van der Waals surface area contributed by atoms with Gasteiger partial charge in [0.05, 0.1) is 17.5 Å². The minimum absolute atomic E-state index is 0.0177. The van der Waals surface area contributed by atoms with Crippen molar-refractivity contribution in [2.45, 2.75) is 37.8 Å². The van der Waals surface area contributed by atoms with Crippen LogP contribution in [0, 0.1) is 30.6 Å². The van der Waals surface area contributed by atoms with Gasteiger partial charge in [-0.3, -0.25) is 28.9 Å². The van der Waals surface area contributed by atoms with E-state index in [0.717, 1.165) is 5.56 Å². The smallest absolute Gasteiger partial charge is 0.235 e. The third-order valence-electron chi connectivity index (χ3n) is 7.65. The lowest BCUT2D eigenvalue weighted by Gasteiger charge is -2.53. The second kappa shape index (κ2) is 7.05. The Morgan fingerprint density at radius 2 is 1.78 bits per heavy atom. The van der Waals surface area contributed by atoms with Crippen LogP contribution in [0.2, 0.25) is 0 Å². The van der Waals surface area contributed by atoms with Crippen molar-refractivity contribution in [1.29, 1.82) is 0 Å². The SMILES string of the molecule is Cc1ccc(O)c2c1[C@@H](C)[C@@H]1C[C@@H]3[C@@H](N(C)C)C(=O)C(C(N)=O)C(=O)[C@]3(O)C(=O)C1C2=O. The predicted molar refractivity (Wildman–Crippen MR) is 111 cm³/mol. The molecule has 0 aliphatic heterocycles. The second-order valence-electron chi connectivity index (χ2n) is 9.47. The molecule has 0 saturated heterocycles. The number of phenols is 1. The lowest BCUT2D eigenvalue weighted by molar-refractivity contribution is -0.181. The number of ketones is 4. The van der Waals surface area contributed by atoms with Crippen molar-refractivity contribution in [3.63, 3.8) is 0 Å². The Morgan fingerprint density at radius 3 is 2.34 bits per heavy atom. The van der Waals surface area contributed by atoms with Crippen molar-refractivity contribution in [1.82, 2.24) is 4.90 Å². The minimum atomic E-state index is -2.70. The van der Waals surface area contributed by atoms with Crippen LogP contribution in [-0.2, 0) is 19.2 Å². The van der Waals surface area contributed by atoms with Gasteiger partial charge in [0.1, 0.15) is 5.75 Å². The zero-order valence-corrected chi connectivity index (χ0v) is 18.3. The molecule has 3 aliphatic rings. The van der Waals surface area contributed by atoms with E-state index in [9.17, 15) is 34.2 Å². The Hall–Kier alpha value is -2.91. The average Bonchev–Trinajstić information content (AvgIpc) is 2.69. The summed E-state index contributed by atoms with van der Waals surface area (Å²) in [5.74, 6) is -10.6. The van der Waals surface area contributed by atoms with Gasteiger partial charge in [0.25, 0.3) is 0 Å². The number of carbonyl (C=O) groups excluding carboxylic acids is 5. The molecule has 2 saturated carbocycles. The highest BCUT2D eigenvalue weighted by atomic mass is 16.3. The molecular weight excluding hydrogens is 416 g/mol. The fourth-order valence-electron chi connectivity index (χ4n) is 6.21. The van der Waals surface area contributed by atoms with Gasteiger partial charge in [-0.15, -0.1) is 0 Å². The molecule has 0 radical (unpaired) electrons. The van der Waals surface area contributed by atoms with Crippen molar-refractivity contribution in [2.75, 3.05) is 14.1 Å². The number of hydrogen-bond acceptors (Lipinski definition) is 8. The van der Waals surface area contributed by atoms with Crippen molar-refractivity contribution in [2.24, 2.45) is 29.4 Å². The molecule has 0 spiro atoms. The van der Waals surface area contributed by atoms with Gasteiger partial charge in [0.2, 0.25) is 5.91 Å². The van der Waals surface area contributed by atoms with Crippen LogP contribution < -0.4 is 5.73 Å². The fourth-order valence-corrected chi connectivity index (χ4v) is 6.21. The molecule has 2 unspecified atom stereocenters. The quantitative estimate of drug-likeness (QED) is 0.529. The third-order valence-corrected chi connectivity index (χ3v) is 7.65. The lowest BCUT2D eigenvalue weighted by atomic mass is 9.50. The number of phenolic OH excluding ortho intramolecular Hbond substituents is 1. The van der Waals surface area contributed by atoms with Crippen molar-refractivity contribution in [3.05, 3.63) is 28.8 Å². The number of benzene rings is 1. The largest absolute Gasteiger partial charge is 0.507 e. The van der Waals surface area contributed by atoms with E-state index in [2.05, 4.69) is 0 Å². The first kappa shape index (κ1) is 22.3. The third kappa shape index (κ3) is 2.61. The molecule has 9 heteroatoms. The summed E-state index contributed by atoms with van der Waals surface area (Å²) in [5.41, 5.74) is 4.02. The second-order valence-corrected chi connectivity index (χ2v) is 9.47. The molecule has 32 heavy (non-hydrogen) atoms. The maximum Gasteiger partial charge on any atom is 0.235 e. The summed E-state index contributed by atoms with van der Waals surface area (Å²) in [4.78, 5) is 66.7. The van der Waals surface area contributed by atoms with Crippen LogP contribution in [0.25, 0.3) is 0 Å². The minimum Gasteiger partial charge on any atom is -0.507 e. The molecule has 1 amide bonds. The Balaban J connectivity index is 1.93. The molecule has 1 aromatic rings. The van der Waals surface area contributed by atoms with Crippen LogP contribution in [0.15, 0.2) is 12.1 Å². The Bertz CT molecular complexity index is 1090. The number of carbonyl (C=O) groups is 5. The van der Waals surface area contributed by atoms with Crippen molar-refractivity contribution < 1.29 is 34.2 Å². The molecule has 9 nitrogen and oxygen atoms in total. The summed E-state index contributed by atoms with van der Waals surface area (Å²) in [6.07, 6.45) is 0.0418. The number of aryl methyl sites for hydroxylation is 1. The van der Waals surface area contributed by atoms with E-state index >= 15 is 0 Å². The number of aromatic hydroxyl groups is 1. The van der Waals surface area contributed by atoms with Gasteiger partial charge in [0.15, 0.2) is 34.7 Å². The van der Waals surface area contributed by atoms with Gasteiger partial charge >= 0.3 is 0 Å². The highest BCUT2D eigenvalue weighted by Gasteiger charge is 2.69. The normalized spacial score (nSPS) is 36.6. The first-order chi connectivity index (χ1) is 14.8. The van der Waals surface area contributed by atoms with E-state index in [1.54, 1.807) is 27.1 Å². The van der Waals surface area contributed by atoms with Crippen LogP contribution in [0.3, 0.4) is 0 Å². The maximum absolute atomic E-state index is 13.7. The Kier molecular flexibility index (Phi) is 4.91. The number of Topliss-reactive ketones (excluding diaryl/α,β-unsaturated/α-hetero) is 4. The van der Waals surface area contributed by atoms with E-state index in [1.165, 1.54) is 11.0 Å². The van der Waals surface area contributed by atoms with Gasteiger partial charge in [-0.1, -0.05) is 13.0 Å². The molecule has 1 aromatic carbocycles. The lowest BCUT2D eigenvalue weighted by Crippen LogP contribution is -2.74. The number of hydrogen-bond donors (Lipinski definition) is 3. The summed E-state index contributed by atoms with van der Waals surface area (Å²) in [5, 5.41) is 21.9. The van der Waals surface area contributed by atoms with E-state index in [-0.39, 0.29) is 23.7 Å². The standard InChI is InChI=1S/C23H26N2O7/c1-8-5-6-12(26)15-13(8)9(2)10-7-11-17(25(3)4)19(28)16(22(24)31)21(30)23(11,32)20(29)14(10)18(15)27/h5-6,9-11,14,16-17,26,32H,7H2,1-4H3,(H2,24,31)/t9-,10-,11+,14?,16?,17+,23+/m0/s1. The topological polar surface area (TPSA) is 155 Å². The van der Waals surface area contributed by atoms with Gasteiger partial charge < -0.3 is 15.9 Å². The van der Waals surface area contributed by atoms with E-state index in [1.807, 2.05) is 6.92 Å². The Labute approximate surface area is 184 Å². The van der Waals surface area contributed by atoms with Gasteiger partial charge in [0, 0.05) is 5.92 Å². The predicted octanol–water partition coefficient (Wildman–Crippen LogP) is -0.264. The number of nitrogens with zero attached hydrogens (tertiary/aromatic N) is 1. The van der Waals surface area contributed by atoms with E-state index in [4.69, 9.17) is 5.73 Å². The molecule has 0 bridgehead atoms. The molecule has 7 atom stereocenters. The highest BCUT2D eigenvalue weighted by molar-refractivity contribution is 6.32. The Morgan fingerprint density at radius 1 is 1.16 bits per heavy atom. The van der Waals surface area contributed by atoms with Crippen LogP contribution >= 0.6 is 0 Å². The fraction of sp³-hybridized carbons (Fsp3) is 0.522. The van der Waals surface area contributed by atoms with Gasteiger partial charge in [-0.2, -0.15) is 0 Å². The van der Waals surface area contributed by atoms with Crippen LogP contribution in [-0.4, -0.2) is 69.9 Å². The van der Waals surface area contributed by atoms with Crippen LogP contribution in [0.4, 0.5) is 0 Å². The summed E-state index contributed by atoms with van der Waals surface area (Å²) in [6, 6.07) is 1.96. The van der Waals surface area contributed by atoms with Crippen molar-refractivity contribution in [3.8, 4) is 5.75 Å². The number of aliphatic hydroxyl groups is 1. The first-order valence-corrected chi connectivity index (χ1v) is 10.5. The number of fused-ring (bicyclic) bond motifs is 3.